The highest BCUT2D eigenvalue weighted by atomic mass is 19.1. The van der Waals surface area contributed by atoms with E-state index in [1.54, 1.807) is 34.5 Å². The van der Waals surface area contributed by atoms with Gasteiger partial charge in [-0.05, 0) is 38.0 Å². The number of esters is 1. The van der Waals surface area contributed by atoms with Crippen LogP contribution in [-0.4, -0.2) is 51.1 Å². The first kappa shape index (κ1) is 22.9. The molecule has 2 aromatic heterocycles. The molecule has 3 heterocycles. The largest absolute Gasteiger partial charge is 0.466 e. The molecule has 4 rings (SSSR count). The van der Waals surface area contributed by atoms with Crippen LogP contribution in [0.1, 0.15) is 56.7 Å². The molecule has 1 fully saturated rings. The van der Waals surface area contributed by atoms with Crippen LogP contribution < -0.4 is 0 Å². The molecule has 3 aromatic rings. The average Bonchev–Trinajstić information content (AvgIpc) is 3.23. The van der Waals surface area contributed by atoms with Gasteiger partial charge in [-0.15, -0.1) is 0 Å². The van der Waals surface area contributed by atoms with Crippen LogP contribution in [0.4, 0.5) is 4.39 Å². The molecule has 1 saturated heterocycles. The van der Waals surface area contributed by atoms with Crippen LogP contribution in [0.15, 0.2) is 36.4 Å². The van der Waals surface area contributed by atoms with E-state index in [0.29, 0.717) is 43.0 Å². The third-order valence-electron chi connectivity index (χ3n) is 5.86. The smallest absolute Gasteiger partial charge is 0.310 e. The van der Waals surface area contributed by atoms with Crippen molar-refractivity contribution in [1.29, 1.82) is 0 Å². The highest BCUT2D eigenvalue weighted by molar-refractivity contribution is 5.94. The zero-order valence-electron chi connectivity index (χ0n) is 19.5. The lowest BCUT2D eigenvalue weighted by Gasteiger charge is -2.31. The second-order valence-corrected chi connectivity index (χ2v) is 9.43. The van der Waals surface area contributed by atoms with E-state index in [1.165, 1.54) is 12.1 Å². The molecule has 8 heteroatoms. The summed E-state index contributed by atoms with van der Waals surface area (Å²) in [7, 11) is 0. The maximum absolute atomic E-state index is 14.0. The minimum Gasteiger partial charge on any atom is -0.466 e. The summed E-state index contributed by atoms with van der Waals surface area (Å²) in [5.41, 5.74) is 2.53. The number of hydrogen-bond donors (Lipinski definition) is 0. The molecule has 0 radical (unpaired) electrons. The van der Waals surface area contributed by atoms with Gasteiger partial charge < -0.3 is 9.64 Å². The number of rotatable bonds is 4. The second-order valence-electron chi connectivity index (χ2n) is 9.43. The van der Waals surface area contributed by atoms with Gasteiger partial charge in [-0.1, -0.05) is 32.9 Å². The van der Waals surface area contributed by atoms with Gasteiger partial charge in [0.1, 0.15) is 11.5 Å². The third kappa shape index (κ3) is 4.74. The molecule has 1 amide bonds. The molecule has 0 N–H and O–H groups in total. The zero-order chi connectivity index (χ0) is 23.8. The van der Waals surface area contributed by atoms with Crippen LogP contribution in [0.5, 0.6) is 0 Å². The summed E-state index contributed by atoms with van der Waals surface area (Å²) >= 11 is 0. The summed E-state index contributed by atoms with van der Waals surface area (Å²) in [6.07, 6.45) is 1.41. The maximum Gasteiger partial charge on any atom is 0.310 e. The van der Waals surface area contributed by atoms with Gasteiger partial charge in [-0.3, -0.25) is 9.59 Å². The minimum absolute atomic E-state index is 0.225. The number of fused-ring (bicyclic) bond motifs is 1. The van der Waals surface area contributed by atoms with Crippen molar-refractivity contribution < 1.29 is 18.7 Å². The number of carbonyl (C=O) groups is 2. The Morgan fingerprint density at radius 3 is 2.70 bits per heavy atom. The van der Waals surface area contributed by atoms with Crippen molar-refractivity contribution in [3.8, 4) is 11.3 Å². The Morgan fingerprint density at radius 1 is 1.21 bits per heavy atom. The summed E-state index contributed by atoms with van der Waals surface area (Å²) in [5, 5.41) is 4.70. The molecule has 7 nitrogen and oxygen atoms in total. The topological polar surface area (TPSA) is 76.8 Å². The van der Waals surface area contributed by atoms with Crippen LogP contribution in [0.25, 0.3) is 16.9 Å². The molecule has 1 atom stereocenters. The lowest BCUT2D eigenvalue weighted by atomic mass is 9.93. The first-order valence-electron chi connectivity index (χ1n) is 11.3. The Labute approximate surface area is 192 Å². The fourth-order valence-electron chi connectivity index (χ4n) is 4.08. The summed E-state index contributed by atoms with van der Waals surface area (Å²) in [4.78, 5) is 31.9. The predicted molar refractivity (Wildman–Crippen MR) is 122 cm³/mol. The third-order valence-corrected chi connectivity index (χ3v) is 5.86. The Bertz CT molecular complexity index is 1200. The van der Waals surface area contributed by atoms with Gasteiger partial charge in [0.15, 0.2) is 5.65 Å². The molecule has 1 aliphatic rings. The molecule has 0 aliphatic carbocycles. The number of nitrogens with zero attached hydrogens (tertiary/aromatic N) is 4. The van der Waals surface area contributed by atoms with Crippen molar-refractivity contribution in [2.24, 2.45) is 5.92 Å². The summed E-state index contributed by atoms with van der Waals surface area (Å²) in [6.45, 7) is 9.07. The summed E-state index contributed by atoms with van der Waals surface area (Å²) < 4.78 is 20.8. The van der Waals surface area contributed by atoms with E-state index >= 15 is 0 Å². The zero-order valence-corrected chi connectivity index (χ0v) is 19.5. The Kier molecular flexibility index (Phi) is 6.19. The van der Waals surface area contributed by atoms with Crippen molar-refractivity contribution in [2.75, 3.05) is 19.7 Å². The van der Waals surface area contributed by atoms with Gasteiger partial charge in [0.05, 0.1) is 23.9 Å². The van der Waals surface area contributed by atoms with Crippen LogP contribution in [-0.2, 0) is 14.9 Å². The van der Waals surface area contributed by atoms with Crippen LogP contribution in [0.2, 0.25) is 0 Å². The summed E-state index contributed by atoms with van der Waals surface area (Å²) in [6, 6.07) is 9.71. The highest BCUT2D eigenvalue weighted by Crippen LogP contribution is 2.28. The van der Waals surface area contributed by atoms with E-state index in [2.05, 4.69) is 4.98 Å². The van der Waals surface area contributed by atoms with Crippen LogP contribution >= 0.6 is 0 Å². The lowest BCUT2D eigenvalue weighted by molar-refractivity contribution is -0.149. The van der Waals surface area contributed by atoms with Crippen LogP contribution in [0, 0.1) is 11.7 Å². The fraction of sp³-hybridized carbons (Fsp3) is 0.440. The van der Waals surface area contributed by atoms with Crippen molar-refractivity contribution in [2.45, 2.75) is 46.0 Å². The number of hydrogen-bond acceptors (Lipinski definition) is 5. The quantitative estimate of drug-likeness (QED) is 0.553. The first-order chi connectivity index (χ1) is 15.7. The Morgan fingerprint density at radius 2 is 2.00 bits per heavy atom. The monoisotopic (exact) mass is 452 g/mol. The van der Waals surface area contributed by atoms with Gasteiger partial charge >= 0.3 is 5.97 Å². The number of carbonyl (C=O) groups excluding carboxylic acids is 2. The van der Waals surface area contributed by atoms with E-state index < -0.39 is 0 Å². The molecular formula is C25H29FN4O3. The number of aromatic nitrogens is 3. The number of ether oxygens (including phenoxy) is 1. The molecule has 174 valence electrons. The molecule has 33 heavy (non-hydrogen) atoms. The Balaban J connectivity index is 1.76. The summed E-state index contributed by atoms with van der Waals surface area (Å²) in [5.74, 6) is -1.24. The molecule has 1 aromatic carbocycles. The van der Waals surface area contributed by atoms with Crippen molar-refractivity contribution in [1.82, 2.24) is 19.5 Å². The Hall–Kier alpha value is -3.29. The van der Waals surface area contributed by atoms with Gasteiger partial charge in [0.2, 0.25) is 0 Å². The minimum atomic E-state index is -0.373. The van der Waals surface area contributed by atoms with E-state index in [0.717, 1.165) is 12.1 Å². The average molecular weight is 453 g/mol. The van der Waals surface area contributed by atoms with Gasteiger partial charge in [-0.25, -0.2) is 13.9 Å². The van der Waals surface area contributed by atoms with Crippen molar-refractivity contribution in [3.63, 3.8) is 0 Å². The van der Waals surface area contributed by atoms with Gasteiger partial charge in [-0.2, -0.15) is 5.10 Å². The molecular weight excluding hydrogens is 423 g/mol. The first-order valence-corrected chi connectivity index (χ1v) is 11.3. The van der Waals surface area contributed by atoms with Gasteiger partial charge in [0.25, 0.3) is 5.91 Å². The number of likely N-dealkylation sites (tertiary alicyclic amines) is 1. The normalized spacial score (nSPS) is 16.8. The number of halogens is 1. The number of amides is 1. The van der Waals surface area contributed by atoms with E-state index in [1.807, 2.05) is 26.8 Å². The molecule has 1 aliphatic heterocycles. The molecule has 0 saturated carbocycles. The number of piperidine rings is 1. The number of benzene rings is 1. The molecule has 0 unspecified atom stereocenters. The predicted octanol–water partition coefficient (Wildman–Crippen LogP) is 4.25. The van der Waals surface area contributed by atoms with E-state index in [4.69, 9.17) is 9.84 Å². The standard InChI is InChI=1S/C25H29FN4O3/c1-5-33-24(32)17-9-7-11-29(15-17)23(31)19-13-20(16-8-6-10-18(26)12-16)30-22(27-19)14-21(28-30)25(2,3)4/h6,8,10,12-14,17H,5,7,9,11,15H2,1-4H3/t17-/m1/s1. The van der Waals surface area contributed by atoms with E-state index in [-0.39, 0.29) is 34.7 Å². The van der Waals surface area contributed by atoms with Gasteiger partial charge in [0, 0.05) is 30.1 Å². The van der Waals surface area contributed by atoms with Crippen LogP contribution in [0.3, 0.4) is 0 Å². The molecule has 0 spiro atoms. The van der Waals surface area contributed by atoms with E-state index in [9.17, 15) is 14.0 Å². The maximum atomic E-state index is 14.0. The highest BCUT2D eigenvalue weighted by Gasteiger charge is 2.31. The fourth-order valence-corrected chi connectivity index (χ4v) is 4.08. The lowest BCUT2D eigenvalue weighted by Crippen LogP contribution is -2.43. The second kappa shape index (κ2) is 8.92. The SMILES string of the molecule is CCOC(=O)[C@@H]1CCCN(C(=O)c2cc(-c3cccc(F)c3)n3nc(C(C)(C)C)cc3n2)C1. The van der Waals surface area contributed by atoms with Crippen molar-refractivity contribution in [3.05, 3.63) is 53.6 Å². The van der Waals surface area contributed by atoms with Crippen molar-refractivity contribution >= 4 is 17.5 Å². The molecule has 0 bridgehead atoms.